The molecule has 2 bridgehead atoms. The number of fused-ring (bicyclic) bond motifs is 5. The Kier molecular flexibility index (Phi) is 6.85. The molecule has 0 spiro atoms. The fourth-order valence-electron chi connectivity index (χ4n) is 6.15. The van der Waals surface area contributed by atoms with Crippen molar-refractivity contribution in [3.63, 3.8) is 0 Å². The highest BCUT2D eigenvalue weighted by Gasteiger charge is 2.44. The Morgan fingerprint density at radius 3 is 2.11 bits per heavy atom. The number of ether oxygens (including phenoxy) is 3. The number of benzene rings is 3. The van der Waals surface area contributed by atoms with E-state index < -0.39 is 0 Å². The van der Waals surface area contributed by atoms with E-state index in [-0.39, 0.29) is 61.2 Å². The van der Waals surface area contributed by atoms with E-state index in [2.05, 4.69) is 24.3 Å². The summed E-state index contributed by atoms with van der Waals surface area (Å²) in [6.45, 7) is 1.31. The maximum atomic E-state index is 13.3. The van der Waals surface area contributed by atoms with Crippen molar-refractivity contribution >= 4 is 11.9 Å². The van der Waals surface area contributed by atoms with Crippen LogP contribution in [0, 0.1) is 11.7 Å². The number of carbonyl (C=O) groups excluding carboxylic acids is 2. The van der Waals surface area contributed by atoms with Gasteiger partial charge in [-0.25, -0.2) is 9.18 Å². The fraction of sp³-hybridized carbons (Fsp3) is 0.355. The van der Waals surface area contributed by atoms with Crippen molar-refractivity contribution in [1.82, 2.24) is 4.90 Å². The van der Waals surface area contributed by atoms with E-state index in [1.54, 1.807) is 17.0 Å². The summed E-state index contributed by atoms with van der Waals surface area (Å²) in [4.78, 5) is 28.1. The van der Waals surface area contributed by atoms with Crippen LogP contribution in [0.1, 0.15) is 36.3 Å². The number of carbonyl (C=O) groups is 2. The molecule has 7 heteroatoms. The van der Waals surface area contributed by atoms with Crippen molar-refractivity contribution in [1.29, 1.82) is 0 Å². The summed E-state index contributed by atoms with van der Waals surface area (Å²) in [7, 11) is 0. The fourth-order valence-corrected chi connectivity index (χ4v) is 6.15. The number of nitrogens with zero attached hydrogens (tertiary/aromatic N) is 1. The molecule has 2 heterocycles. The van der Waals surface area contributed by atoms with Crippen molar-refractivity contribution < 1.29 is 28.2 Å². The Morgan fingerprint density at radius 2 is 1.47 bits per heavy atom. The maximum Gasteiger partial charge on any atom is 0.410 e. The lowest BCUT2D eigenvalue weighted by Crippen LogP contribution is -2.60. The molecule has 6 rings (SSSR count). The molecule has 2 atom stereocenters. The van der Waals surface area contributed by atoms with Gasteiger partial charge in [0.1, 0.15) is 24.0 Å². The Bertz CT molecular complexity index is 1270. The molecule has 3 aliphatic rings. The first kappa shape index (κ1) is 24.6. The number of ketones is 1. The molecule has 0 radical (unpaired) electrons. The third-order valence-electron chi connectivity index (χ3n) is 7.95. The Morgan fingerprint density at radius 1 is 0.868 bits per heavy atom. The normalized spacial score (nSPS) is 21.9. The van der Waals surface area contributed by atoms with E-state index in [1.807, 2.05) is 24.3 Å². The van der Waals surface area contributed by atoms with Gasteiger partial charge in [-0.2, -0.15) is 0 Å². The van der Waals surface area contributed by atoms with Gasteiger partial charge in [-0.1, -0.05) is 48.5 Å². The molecule has 0 aromatic heterocycles. The highest BCUT2D eigenvalue weighted by molar-refractivity contribution is 5.82. The predicted octanol–water partition coefficient (Wildman–Crippen LogP) is 5.59. The number of amides is 1. The summed E-state index contributed by atoms with van der Waals surface area (Å²) in [5.41, 5.74) is 4.74. The molecule has 2 unspecified atom stereocenters. The summed E-state index contributed by atoms with van der Waals surface area (Å²) >= 11 is 0. The first-order valence-corrected chi connectivity index (χ1v) is 13.2. The average molecular weight is 516 g/mol. The topological polar surface area (TPSA) is 65.1 Å². The quantitative estimate of drug-likeness (QED) is 0.410. The second-order valence-corrected chi connectivity index (χ2v) is 10.2. The van der Waals surface area contributed by atoms with Crippen LogP contribution in [-0.2, 0) is 14.3 Å². The lowest BCUT2D eigenvalue weighted by atomic mass is 9.82. The van der Waals surface area contributed by atoms with Gasteiger partial charge in [0.2, 0.25) is 0 Å². The third-order valence-corrected chi connectivity index (χ3v) is 7.95. The van der Waals surface area contributed by atoms with Crippen molar-refractivity contribution in [3.05, 3.63) is 89.7 Å². The number of morpholine rings is 1. The summed E-state index contributed by atoms with van der Waals surface area (Å²) in [6, 6.07) is 21.9. The van der Waals surface area contributed by atoms with Crippen LogP contribution < -0.4 is 4.74 Å². The second-order valence-electron chi connectivity index (χ2n) is 10.2. The molecule has 0 saturated carbocycles. The number of rotatable bonds is 7. The minimum absolute atomic E-state index is 0.00247. The van der Waals surface area contributed by atoms with E-state index in [4.69, 9.17) is 14.2 Å². The molecule has 3 aromatic carbocycles. The second kappa shape index (κ2) is 10.6. The van der Waals surface area contributed by atoms with Crippen LogP contribution in [0.2, 0.25) is 0 Å². The first-order chi connectivity index (χ1) is 18.6. The van der Waals surface area contributed by atoms with E-state index >= 15 is 0 Å². The number of Topliss-reactive ketones (excluding diaryl/α,β-unsaturated/α-hetero) is 1. The minimum Gasteiger partial charge on any atom is -0.493 e. The number of hydrogen-bond donors (Lipinski definition) is 0. The first-order valence-electron chi connectivity index (χ1n) is 13.2. The molecule has 2 fully saturated rings. The van der Waals surface area contributed by atoms with Crippen LogP contribution in [0.3, 0.4) is 0 Å². The molecule has 2 saturated heterocycles. The van der Waals surface area contributed by atoms with Crippen molar-refractivity contribution in [2.45, 2.75) is 37.3 Å². The van der Waals surface area contributed by atoms with Crippen molar-refractivity contribution in [3.8, 4) is 16.9 Å². The van der Waals surface area contributed by atoms with E-state index in [9.17, 15) is 14.0 Å². The lowest BCUT2D eigenvalue weighted by Gasteiger charge is -2.47. The van der Waals surface area contributed by atoms with Crippen LogP contribution in [0.25, 0.3) is 11.1 Å². The van der Waals surface area contributed by atoms with Crippen molar-refractivity contribution in [2.75, 3.05) is 26.4 Å². The smallest absolute Gasteiger partial charge is 0.410 e. The molecule has 0 N–H and O–H groups in total. The molecule has 38 heavy (non-hydrogen) atoms. The van der Waals surface area contributed by atoms with Crippen LogP contribution in [-0.4, -0.2) is 55.3 Å². The number of hydrogen-bond acceptors (Lipinski definition) is 5. The van der Waals surface area contributed by atoms with Gasteiger partial charge in [0, 0.05) is 18.3 Å². The number of halogens is 1. The van der Waals surface area contributed by atoms with Crippen LogP contribution in [0.15, 0.2) is 72.8 Å². The van der Waals surface area contributed by atoms with Gasteiger partial charge in [0.15, 0.2) is 0 Å². The van der Waals surface area contributed by atoms with Crippen molar-refractivity contribution in [2.24, 2.45) is 5.92 Å². The average Bonchev–Trinajstić information content (AvgIpc) is 3.25. The largest absolute Gasteiger partial charge is 0.493 e. The zero-order valence-electron chi connectivity index (χ0n) is 21.1. The highest BCUT2D eigenvalue weighted by Crippen LogP contribution is 2.44. The van der Waals surface area contributed by atoms with E-state index in [1.165, 1.54) is 34.4 Å². The van der Waals surface area contributed by atoms with E-state index in [0.717, 1.165) is 0 Å². The predicted molar refractivity (Wildman–Crippen MR) is 140 cm³/mol. The number of piperidine rings is 1. The lowest BCUT2D eigenvalue weighted by molar-refractivity contribution is -0.131. The molecule has 3 aromatic rings. The summed E-state index contributed by atoms with van der Waals surface area (Å²) < 4.78 is 30.4. The zero-order valence-corrected chi connectivity index (χ0v) is 21.1. The Labute approximate surface area is 221 Å². The third kappa shape index (κ3) is 4.78. The monoisotopic (exact) mass is 515 g/mol. The Balaban J connectivity index is 1.06. The highest BCUT2D eigenvalue weighted by atomic mass is 19.1. The van der Waals surface area contributed by atoms with Gasteiger partial charge in [-0.05, 0) is 59.4 Å². The molecular formula is C31H30FNO5. The molecule has 196 valence electrons. The minimum atomic E-state index is -0.337. The molecular weight excluding hydrogens is 485 g/mol. The summed E-state index contributed by atoms with van der Waals surface area (Å²) in [5, 5.41) is 0. The zero-order chi connectivity index (χ0) is 26.1. The molecule has 1 amide bonds. The van der Waals surface area contributed by atoms with Gasteiger partial charge in [0.25, 0.3) is 0 Å². The maximum absolute atomic E-state index is 13.3. The summed E-state index contributed by atoms with van der Waals surface area (Å²) in [6.07, 6.45) is 1.04. The Hall–Kier alpha value is -3.71. The van der Waals surface area contributed by atoms with Crippen LogP contribution in [0.5, 0.6) is 5.75 Å². The van der Waals surface area contributed by atoms with Gasteiger partial charge in [-0.15, -0.1) is 0 Å². The van der Waals surface area contributed by atoms with Crippen LogP contribution in [0.4, 0.5) is 9.18 Å². The SMILES string of the molecule is O=C(CCOc1ccc(F)cc1)C1CC2COCC(C1)N2C(=O)OCC1c2ccccc2-c2ccccc21. The van der Waals surface area contributed by atoms with E-state index in [0.29, 0.717) is 31.8 Å². The molecule has 2 aliphatic heterocycles. The molecule has 1 aliphatic carbocycles. The van der Waals surface area contributed by atoms with Gasteiger partial charge >= 0.3 is 6.09 Å². The van der Waals surface area contributed by atoms with Gasteiger partial charge < -0.3 is 14.2 Å². The van der Waals surface area contributed by atoms with Gasteiger partial charge in [0.05, 0.1) is 31.9 Å². The van der Waals surface area contributed by atoms with Crippen LogP contribution >= 0.6 is 0 Å². The van der Waals surface area contributed by atoms with Gasteiger partial charge in [-0.3, -0.25) is 9.69 Å². The summed E-state index contributed by atoms with van der Waals surface area (Å²) in [5.74, 6) is 0.183. The standard InChI is InChI=1S/C31H30FNO5/c32-21-9-11-24(12-10-21)37-14-13-30(34)20-15-22-17-36-18-23(16-20)33(22)31(35)38-19-29-27-7-3-1-5-25(27)26-6-2-4-8-28(26)29/h1-12,20,22-23,29H,13-19H2. The molecule has 6 nitrogen and oxygen atoms in total.